The number of hydrogen-bond donors (Lipinski definition) is 0. The number of rotatable bonds is 2. The van der Waals surface area contributed by atoms with E-state index in [0.29, 0.717) is 10.8 Å². The van der Waals surface area contributed by atoms with Crippen LogP contribution in [0.5, 0.6) is 5.75 Å². The van der Waals surface area contributed by atoms with E-state index in [9.17, 15) is 4.39 Å². The summed E-state index contributed by atoms with van der Waals surface area (Å²) in [6.07, 6.45) is 0.834. The van der Waals surface area contributed by atoms with Gasteiger partial charge in [0.2, 0.25) is 0 Å². The Morgan fingerprint density at radius 3 is 2.62 bits per heavy atom. The van der Waals surface area contributed by atoms with Crippen molar-refractivity contribution in [3.05, 3.63) is 29.0 Å². The minimum Gasteiger partial charge on any atom is -0.488 e. The molecular formula is C12H13Cl2FO. The summed E-state index contributed by atoms with van der Waals surface area (Å²) in [5.41, 5.74) is -0.0702. The average Bonchev–Trinajstić information content (AvgIpc) is 2.21. The van der Waals surface area contributed by atoms with Gasteiger partial charge >= 0.3 is 0 Å². The van der Waals surface area contributed by atoms with Gasteiger partial charge in [-0.25, -0.2) is 4.39 Å². The molecule has 0 bridgehead atoms. The molecule has 16 heavy (non-hydrogen) atoms. The van der Waals surface area contributed by atoms with Crippen LogP contribution in [0.1, 0.15) is 20.3 Å². The molecule has 4 heteroatoms. The van der Waals surface area contributed by atoms with Crippen molar-refractivity contribution in [2.75, 3.05) is 0 Å². The van der Waals surface area contributed by atoms with Gasteiger partial charge < -0.3 is 4.74 Å². The summed E-state index contributed by atoms with van der Waals surface area (Å²) in [5, 5.41) is 0.422. The monoisotopic (exact) mass is 262 g/mol. The lowest BCUT2D eigenvalue weighted by atomic mass is 9.68. The third-order valence-electron chi connectivity index (χ3n) is 3.22. The molecule has 1 saturated carbocycles. The van der Waals surface area contributed by atoms with E-state index in [1.807, 2.05) is 0 Å². The Morgan fingerprint density at radius 1 is 1.44 bits per heavy atom. The van der Waals surface area contributed by atoms with Crippen LogP contribution >= 0.6 is 23.2 Å². The third kappa shape index (κ3) is 2.01. The number of halogens is 3. The lowest BCUT2D eigenvalue weighted by Gasteiger charge is -2.48. The van der Waals surface area contributed by atoms with Gasteiger partial charge in [-0.15, -0.1) is 11.6 Å². The van der Waals surface area contributed by atoms with Crippen LogP contribution in [-0.4, -0.2) is 11.5 Å². The Hall–Kier alpha value is -0.470. The maximum absolute atomic E-state index is 12.8. The fourth-order valence-corrected chi connectivity index (χ4v) is 2.27. The van der Waals surface area contributed by atoms with Crippen LogP contribution < -0.4 is 4.74 Å². The van der Waals surface area contributed by atoms with Crippen molar-refractivity contribution in [3.63, 3.8) is 0 Å². The smallest absolute Gasteiger partial charge is 0.138 e. The zero-order valence-electron chi connectivity index (χ0n) is 9.14. The minimum atomic E-state index is -0.361. The summed E-state index contributed by atoms with van der Waals surface area (Å²) in [6.45, 7) is 4.10. The van der Waals surface area contributed by atoms with E-state index in [2.05, 4.69) is 13.8 Å². The number of benzene rings is 1. The number of hydrogen-bond acceptors (Lipinski definition) is 1. The molecule has 0 radical (unpaired) electrons. The highest BCUT2D eigenvalue weighted by Gasteiger charge is 2.49. The molecule has 1 nitrogen and oxygen atoms in total. The molecule has 1 aromatic carbocycles. The highest BCUT2D eigenvalue weighted by atomic mass is 35.5. The predicted octanol–water partition coefficient (Wildman–Crippen LogP) is 4.26. The van der Waals surface area contributed by atoms with E-state index in [1.165, 1.54) is 12.1 Å². The molecule has 0 aromatic heterocycles. The largest absolute Gasteiger partial charge is 0.488 e. The van der Waals surface area contributed by atoms with Crippen LogP contribution in [0.3, 0.4) is 0 Å². The van der Waals surface area contributed by atoms with Crippen molar-refractivity contribution in [2.24, 2.45) is 5.41 Å². The first kappa shape index (κ1) is 12.0. The highest BCUT2D eigenvalue weighted by molar-refractivity contribution is 6.32. The van der Waals surface area contributed by atoms with Crippen LogP contribution in [0.2, 0.25) is 5.02 Å². The SMILES string of the molecule is CC1(C)C(Cl)CC1Oc1ccc(F)cc1Cl. The summed E-state index contributed by atoms with van der Waals surface area (Å²) >= 11 is 12.0. The Labute approximate surface area is 105 Å². The Kier molecular flexibility index (Phi) is 3.06. The zero-order chi connectivity index (χ0) is 11.9. The summed E-state index contributed by atoms with van der Waals surface area (Å²) in [6, 6.07) is 4.14. The van der Waals surface area contributed by atoms with Crippen molar-refractivity contribution in [1.82, 2.24) is 0 Å². The molecule has 1 aliphatic rings. The highest BCUT2D eigenvalue weighted by Crippen LogP contribution is 2.47. The molecule has 2 unspecified atom stereocenters. The molecule has 0 spiro atoms. The van der Waals surface area contributed by atoms with E-state index < -0.39 is 0 Å². The topological polar surface area (TPSA) is 9.23 Å². The first-order valence-corrected chi connectivity index (χ1v) is 5.98. The van der Waals surface area contributed by atoms with Crippen LogP contribution in [-0.2, 0) is 0 Å². The zero-order valence-corrected chi connectivity index (χ0v) is 10.6. The Bertz CT molecular complexity index is 406. The van der Waals surface area contributed by atoms with Gasteiger partial charge in [0.15, 0.2) is 0 Å². The van der Waals surface area contributed by atoms with Crippen molar-refractivity contribution in [2.45, 2.75) is 31.7 Å². The van der Waals surface area contributed by atoms with Gasteiger partial charge in [0.05, 0.1) is 5.02 Å². The molecule has 0 saturated heterocycles. The average molecular weight is 263 g/mol. The lowest BCUT2D eigenvalue weighted by molar-refractivity contribution is -0.0129. The van der Waals surface area contributed by atoms with E-state index in [-0.39, 0.29) is 22.7 Å². The maximum atomic E-state index is 12.8. The van der Waals surface area contributed by atoms with Crippen molar-refractivity contribution in [3.8, 4) is 5.75 Å². The van der Waals surface area contributed by atoms with Gasteiger partial charge in [-0.3, -0.25) is 0 Å². The minimum absolute atomic E-state index is 0.0398. The Morgan fingerprint density at radius 2 is 2.12 bits per heavy atom. The van der Waals surface area contributed by atoms with Crippen LogP contribution in [0, 0.1) is 11.2 Å². The van der Waals surface area contributed by atoms with Gasteiger partial charge in [-0.05, 0) is 18.2 Å². The molecule has 88 valence electrons. The van der Waals surface area contributed by atoms with Crippen molar-refractivity contribution in [1.29, 1.82) is 0 Å². The first-order chi connectivity index (χ1) is 7.41. The standard InChI is InChI=1S/C12H13Cl2FO/c1-12(2)10(14)6-11(12)16-9-4-3-7(15)5-8(9)13/h3-5,10-11H,6H2,1-2H3. The second-order valence-electron chi connectivity index (χ2n) is 4.71. The third-order valence-corrected chi connectivity index (χ3v) is 4.26. The van der Waals surface area contributed by atoms with Crippen molar-refractivity contribution < 1.29 is 9.13 Å². The molecule has 1 aliphatic carbocycles. The van der Waals surface area contributed by atoms with Crippen LogP contribution in [0.25, 0.3) is 0 Å². The van der Waals surface area contributed by atoms with E-state index in [4.69, 9.17) is 27.9 Å². The van der Waals surface area contributed by atoms with Gasteiger partial charge in [0, 0.05) is 17.2 Å². The fraction of sp³-hybridized carbons (Fsp3) is 0.500. The van der Waals surface area contributed by atoms with Gasteiger partial charge in [0.25, 0.3) is 0 Å². The fourth-order valence-electron chi connectivity index (χ4n) is 1.76. The van der Waals surface area contributed by atoms with E-state index in [1.54, 1.807) is 6.07 Å². The van der Waals surface area contributed by atoms with Crippen molar-refractivity contribution >= 4 is 23.2 Å². The first-order valence-electron chi connectivity index (χ1n) is 5.17. The van der Waals surface area contributed by atoms with Gasteiger partial charge in [-0.2, -0.15) is 0 Å². The number of alkyl halides is 1. The molecule has 0 aliphatic heterocycles. The molecule has 0 amide bonds. The molecule has 2 rings (SSSR count). The lowest BCUT2D eigenvalue weighted by Crippen LogP contribution is -2.53. The quantitative estimate of drug-likeness (QED) is 0.724. The second kappa shape index (κ2) is 4.08. The normalized spacial score (nSPS) is 27.3. The van der Waals surface area contributed by atoms with Crippen LogP contribution in [0.15, 0.2) is 18.2 Å². The van der Waals surface area contributed by atoms with E-state index >= 15 is 0 Å². The molecular weight excluding hydrogens is 250 g/mol. The molecule has 1 aromatic rings. The molecule has 1 fully saturated rings. The predicted molar refractivity (Wildman–Crippen MR) is 63.9 cm³/mol. The van der Waals surface area contributed by atoms with Crippen LogP contribution in [0.4, 0.5) is 4.39 Å². The number of ether oxygens (including phenoxy) is 1. The second-order valence-corrected chi connectivity index (χ2v) is 5.64. The molecule has 0 heterocycles. The van der Waals surface area contributed by atoms with E-state index in [0.717, 1.165) is 6.42 Å². The summed E-state index contributed by atoms with van der Waals surface area (Å²) in [4.78, 5) is 0. The summed E-state index contributed by atoms with van der Waals surface area (Å²) in [5.74, 6) is 0.158. The molecule has 0 N–H and O–H groups in total. The molecule has 2 atom stereocenters. The Balaban J connectivity index is 2.11. The summed E-state index contributed by atoms with van der Waals surface area (Å²) < 4.78 is 18.6. The van der Waals surface area contributed by atoms with Gasteiger partial charge in [0.1, 0.15) is 17.7 Å². The maximum Gasteiger partial charge on any atom is 0.138 e. The summed E-state index contributed by atoms with van der Waals surface area (Å²) in [7, 11) is 0. The van der Waals surface area contributed by atoms with Gasteiger partial charge in [-0.1, -0.05) is 25.4 Å².